The van der Waals surface area contributed by atoms with Gasteiger partial charge in [-0.05, 0) is 19.1 Å². The number of hydrogen-bond donors (Lipinski definition) is 1. The molecule has 0 aromatic carbocycles. The Bertz CT molecular complexity index is 415. The number of rotatable bonds is 3. The van der Waals surface area contributed by atoms with Gasteiger partial charge in [-0.3, -0.25) is 4.79 Å². The number of pyridine rings is 1. The molecule has 0 unspecified atom stereocenters. The van der Waals surface area contributed by atoms with Gasteiger partial charge in [0.05, 0.1) is 6.20 Å². The van der Waals surface area contributed by atoms with E-state index in [1.165, 1.54) is 0 Å². The number of nitrogens with zero attached hydrogens (tertiary/aromatic N) is 2. The van der Waals surface area contributed by atoms with Crippen molar-refractivity contribution in [3.05, 3.63) is 24.0 Å². The summed E-state index contributed by atoms with van der Waals surface area (Å²) in [5.41, 5.74) is 0.256. The molecule has 0 spiro atoms. The lowest BCUT2D eigenvalue weighted by Gasteiger charge is -2.44. The van der Waals surface area contributed by atoms with Crippen molar-refractivity contribution in [1.82, 2.24) is 13.4 Å². The van der Waals surface area contributed by atoms with E-state index in [1.807, 2.05) is 0 Å². The van der Waals surface area contributed by atoms with Crippen LogP contribution in [0.1, 0.15) is 17.4 Å². The Balaban J connectivity index is 2.01. The second kappa shape index (κ2) is 4.77. The van der Waals surface area contributed by atoms with Crippen LogP contribution in [0, 0.1) is 0 Å². The summed E-state index contributed by atoms with van der Waals surface area (Å²) in [5, 5.41) is 2.53. The molecule has 0 radical (unpaired) electrons. The Hall–Kier alpha value is -0.890. The highest BCUT2D eigenvalue weighted by atomic mass is 127. The Kier molecular flexibility index (Phi) is 3.53. The van der Waals surface area contributed by atoms with Gasteiger partial charge in [-0.2, -0.15) is 0 Å². The predicted molar refractivity (Wildman–Crippen MR) is 72.3 cm³/mol. The molecule has 6 heteroatoms. The maximum Gasteiger partial charge on any atom is 0.269 e. The lowest BCUT2D eigenvalue weighted by molar-refractivity contribution is -0.00563. The van der Waals surface area contributed by atoms with E-state index in [9.17, 15) is 4.79 Å². The molecular weight excluding hydrogens is 333 g/mol. The molecule has 0 atom stereocenters. The zero-order valence-electron chi connectivity index (χ0n) is 9.74. The molecule has 0 aliphatic carbocycles. The van der Waals surface area contributed by atoms with Crippen molar-refractivity contribution in [2.24, 2.45) is 0 Å². The molecule has 1 saturated heterocycles. The van der Waals surface area contributed by atoms with Crippen molar-refractivity contribution in [2.75, 3.05) is 20.1 Å². The molecular formula is C11H14IN3O2. The monoisotopic (exact) mass is 347 g/mol. The average molecular weight is 347 g/mol. The van der Waals surface area contributed by atoms with Crippen molar-refractivity contribution >= 4 is 28.8 Å². The van der Waals surface area contributed by atoms with Crippen LogP contribution in [0.15, 0.2) is 18.3 Å². The number of ether oxygens (including phenoxy) is 1. The normalized spacial score (nSPS) is 18.3. The van der Waals surface area contributed by atoms with Crippen LogP contribution in [0.2, 0.25) is 0 Å². The molecule has 17 heavy (non-hydrogen) atoms. The number of halogens is 1. The second-order valence-corrected chi connectivity index (χ2v) is 5.65. The van der Waals surface area contributed by atoms with Crippen LogP contribution in [-0.2, 0) is 0 Å². The number of amides is 1. The molecule has 2 heterocycles. The smallest absolute Gasteiger partial charge is 0.269 e. The number of carbonyl (C=O) groups excluding carboxylic acids is 1. The summed E-state index contributed by atoms with van der Waals surface area (Å²) in [6.07, 6.45) is 1.59. The number of aromatic nitrogens is 1. The predicted octanol–water partition coefficient (Wildman–Crippen LogP) is 1.24. The highest BCUT2D eigenvalue weighted by molar-refractivity contribution is 14.1. The third kappa shape index (κ3) is 2.86. The first kappa shape index (κ1) is 12.6. The molecule has 1 aromatic rings. The van der Waals surface area contributed by atoms with Crippen LogP contribution in [-0.4, -0.2) is 39.7 Å². The van der Waals surface area contributed by atoms with Gasteiger partial charge in [0.2, 0.25) is 0 Å². The first-order valence-corrected chi connectivity index (χ1v) is 6.27. The van der Waals surface area contributed by atoms with E-state index in [0.717, 1.165) is 13.1 Å². The molecule has 92 valence electrons. The topological polar surface area (TPSA) is 54.5 Å². The lowest BCUT2D eigenvalue weighted by atomic mass is 10.00. The fraction of sp³-hybridized carbons (Fsp3) is 0.455. The molecule has 1 aliphatic rings. The van der Waals surface area contributed by atoms with Gasteiger partial charge in [-0.1, -0.05) is 0 Å². The van der Waals surface area contributed by atoms with Gasteiger partial charge in [0.25, 0.3) is 5.91 Å². The van der Waals surface area contributed by atoms with Crippen LogP contribution in [0.3, 0.4) is 0 Å². The quantitative estimate of drug-likeness (QED) is 0.661. The van der Waals surface area contributed by atoms with Gasteiger partial charge in [-0.15, -0.1) is 0 Å². The Morgan fingerprint density at radius 3 is 2.76 bits per heavy atom. The molecule has 1 N–H and O–H groups in total. The van der Waals surface area contributed by atoms with Gasteiger partial charge in [0.15, 0.2) is 0 Å². The van der Waals surface area contributed by atoms with E-state index in [0.29, 0.717) is 11.4 Å². The highest BCUT2D eigenvalue weighted by Gasteiger charge is 2.39. The van der Waals surface area contributed by atoms with E-state index in [-0.39, 0.29) is 11.5 Å². The molecule has 0 saturated carbocycles. The number of carbonyl (C=O) groups is 1. The summed E-state index contributed by atoms with van der Waals surface area (Å²) < 4.78 is 7.99. The number of hydrogen-bond acceptors (Lipinski definition) is 4. The summed E-state index contributed by atoms with van der Waals surface area (Å²) in [4.78, 5) is 15.4. The summed E-state index contributed by atoms with van der Waals surface area (Å²) in [7, 11) is 1.58. The van der Waals surface area contributed by atoms with Crippen molar-refractivity contribution in [3.63, 3.8) is 0 Å². The third-order valence-electron chi connectivity index (χ3n) is 2.57. The maximum atomic E-state index is 11.3. The maximum absolute atomic E-state index is 11.3. The molecule has 2 rings (SSSR count). The van der Waals surface area contributed by atoms with E-state index < -0.39 is 0 Å². The zero-order chi connectivity index (χ0) is 12.5. The molecule has 1 aromatic heterocycles. The van der Waals surface area contributed by atoms with Crippen molar-refractivity contribution < 1.29 is 9.53 Å². The minimum absolute atomic E-state index is 0.141. The summed E-state index contributed by atoms with van der Waals surface area (Å²) in [6.45, 7) is 3.85. The van der Waals surface area contributed by atoms with Crippen LogP contribution in [0.5, 0.6) is 5.75 Å². The van der Waals surface area contributed by atoms with Crippen molar-refractivity contribution in [3.8, 4) is 5.75 Å². The van der Waals surface area contributed by atoms with Gasteiger partial charge in [0.1, 0.15) is 17.0 Å². The first-order chi connectivity index (χ1) is 8.02. The van der Waals surface area contributed by atoms with Gasteiger partial charge < -0.3 is 10.1 Å². The second-order valence-electron chi connectivity index (χ2n) is 4.29. The molecule has 1 fully saturated rings. The Labute approximate surface area is 114 Å². The van der Waals surface area contributed by atoms with E-state index in [2.05, 4.69) is 43.2 Å². The third-order valence-corrected chi connectivity index (χ3v) is 3.25. The highest BCUT2D eigenvalue weighted by Crippen LogP contribution is 2.29. The lowest BCUT2D eigenvalue weighted by Crippen LogP contribution is -2.59. The SMILES string of the molecule is CNC(=O)c1ccc(OC2(C)CN(I)C2)cn1. The zero-order valence-corrected chi connectivity index (χ0v) is 11.9. The Morgan fingerprint density at radius 1 is 1.59 bits per heavy atom. The Morgan fingerprint density at radius 2 is 2.29 bits per heavy atom. The van der Waals surface area contributed by atoms with Crippen LogP contribution < -0.4 is 10.1 Å². The first-order valence-electron chi connectivity index (χ1n) is 5.30. The van der Waals surface area contributed by atoms with E-state index in [4.69, 9.17) is 4.74 Å². The number of nitrogens with one attached hydrogen (secondary N) is 1. The molecule has 5 nitrogen and oxygen atoms in total. The van der Waals surface area contributed by atoms with E-state index >= 15 is 0 Å². The standard InChI is InChI=1S/C11H14IN3O2/c1-11(6-15(12)7-11)17-8-3-4-9(14-5-8)10(16)13-2/h3-5H,6-7H2,1-2H3,(H,13,16). The summed E-state index contributed by atoms with van der Waals surface area (Å²) in [6, 6.07) is 3.44. The molecule has 0 bridgehead atoms. The van der Waals surface area contributed by atoms with Crippen LogP contribution >= 0.6 is 22.9 Å². The van der Waals surface area contributed by atoms with Crippen molar-refractivity contribution in [1.29, 1.82) is 0 Å². The van der Waals surface area contributed by atoms with Crippen LogP contribution in [0.25, 0.3) is 0 Å². The molecule has 1 aliphatic heterocycles. The minimum atomic E-state index is -0.190. The van der Waals surface area contributed by atoms with Gasteiger partial charge in [-0.25, -0.2) is 8.10 Å². The van der Waals surface area contributed by atoms with Crippen LogP contribution in [0.4, 0.5) is 0 Å². The average Bonchev–Trinajstić information content (AvgIpc) is 2.27. The minimum Gasteiger partial charge on any atom is -0.483 e. The fourth-order valence-corrected chi connectivity index (χ4v) is 3.17. The summed E-state index contributed by atoms with van der Waals surface area (Å²) in [5.74, 6) is 0.509. The largest absolute Gasteiger partial charge is 0.483 e. The van der Waals surface area contributed by atoms with Gasteiger partial charge >= 0.3 is 0 Å². The molecule has 1 amide bonds. The van der Waals surface area contributed by atoms with E-state index in [1.54, 1.807) is 25.4 Å². The van der Waals surface area contributed by atoms with Crippen molar-refractivity contribution in [2.45, 2.75) is 12.5 Å². The summed E-state index contributed by atoms with van der Waals surface area (Å²) >= 11 is 2.26. The fourth-order valence-electron chi connectivity index (χ4n) is 1.73. The van der Waals surface area contributed by atoms with Gasteiger partial charge in [0, 0.05) is 43.0 Å².